The first-order chi connectivity index (χ1) is 8.20. The summed E-state index contributed by atoms with van der Waals surface area (Å²) in [6.07, 6.45) is 0.132. The minimum Gasteiger partial charge on any atom is -0.487 e. The number of para-hydroxylation sites is 1. The highest BCUT2D eigenvalue weighted by molar-refractivity contribution is 5.84. The predicted molar refractivity (Wildman–Crippen MR) is 70.5 cm³/mol. The molecule has 1 atom stereocenters. The molecule has 1 aromatic heterocycles. The minimum absolute atomic E-state index is 0.132. The lowest BCUT2D eigenvalue weighted by Gasteiger charge is -2.15. The number of aryl methyl sites for hydroxylation is 1. The Labute approximate surface area is 102 Å². The molecule has 0 spiro atoms. The lowest BCUT2D eigenvalue weighted by atomic mass is 10.2. The molecule has 0 aliphatic heterocycles. The quantitative estimate of drug-likeness (QED) is 0.876. The Hall–Kier alpha value is -1.61. The molecule has 0 bridgehead atoms. The van der Waals surface area contributed by atoms with Gasteiger partial charge in [0.15, 0.2) is 0 Å². The molecule has 0 fully saturated rings. The van der Waals surface area contributed by atoms with Crippen molar-refractivity contribution >= 4 is 10.9 Å². The average molecular weight is 230 g/mol. The molecule has 3 heteroatoms. The van der Waals surface area contributed by atoms with Crippen LogP contribution in [-0.2, 0) is 0 Å². The van der Waals surface area contributed by atoms with Crippen molar-refractivity contribution in [3.8, 4) is 5.75 Å². The molecule has 3 nitrogen and oxygen atoms in total. The van der Waals surface area contributed by atoms with Crippen molar-refractivity contribution in [2.24, 2.45) is 0 Å². The number of pyridine rings is 1. The van der Waals surface area contributed by atoms with Gasteiger partial charge in [-0.25, -0.2) is 4.98 Å². The van der Waals surface area contributed by atoms with Crippen molar-refractivity contribution in [2.75, 3.05) is 13.6 Å². The molecular weight excluding hydrogens is 212 g/mol. The third-order valence-corrected chi connectivity index (χ3v) is 2.64. The third kappa shape index (κ3) is 2.74. The third-order valence-electron chi connectivity index (χ3n) is 2.64. The fraction of sp³-hybridized carbons (Fsp3) is 0.357. The first-order valence-electron chi connectivity index (χ1n) is 5.88. The van der Waals surface area contributed by atoms with Crippen molar-refractivity contribution in [1.82, 2.24) is 10.3 Å². The van der Waals surface area contributed by atoms with E-state index in [1.165, 1.54) is 0 Å². The molecule has 17 heavy (non-hydrogen) atoms. The van der Waals surface area contributed by atoms with Gasteiger partial charge in [-0.2, -0.15) is 0 Å². The SMILES string of the molecule is CNCC(C)Oc1cccc2ccc(C)nc12. The molecule has 2 aromatic rings. The number of benzene rings is 1. The van der Waals surface area contributed by atoms with Gasteiger partial charge in [0.2, 0.25) is 0 Å². The van der Waals surface area contributed by atoms with Gasteiger partial charge in [0.05, 0.1) is 0 Å². The van der Waals surface area contributed by atoms with E-state index in [0.717, 1.165) is 28.9 Å². The summed E-state index contributed by atoms with van der Waals surface area (Å²) < 4.78 is 5.90. The standard InChI is InChI=1S/C14H18N2O/c1-10-7-8-12-5-4-6-13(14(12)16-10)17-11(2)9-15-3/h4-8,11,15H,9H2,1-3H3. The van der Waals surface area contributed by atoms with Crippen LogP contribution in [0.4, 0.5) is 0 Å². The highest BCUT2D eigenvalue weighted by Gasteiger charge is 2.07. The summed E-state index contributed by atoms with van der Waals surface area (Å²) in [6, 6.07) is 10.1. The van der Waals surface area contributed by atoms with Crippen LogP contribution in [-0.4, -0.2) is 24.7 Å². The van der Waals surface area contributed by atoms with Crippen LogP contribution in [0.3, 0.4) is 0 Å². The second kappa shape index (κ2) is 5.15. The topological polar surface area (TPSA) is 34.1 Å². The van der Waals surface area contributed by atoms with Crippen LogP contribution in [0.2, 0.25) is 0 Å². The first kappa shape index (κ1) is 11.9. The number of rotatable bonds is 4. The maximum atomic E-state index is 5.90. The molecule has 1 unspecified atom stereocenters. The summed E-state index contributed by atoms with van der Waals surface area (Å²) in [4.78, 5) is 4.54. The van der Waals surface area contributed by atoms with Gasteiger partial charge < -0.3 is 10.1 Å². The van der Waals surface area contributed by atoms with Crippen LogP contribution in [0, 0.1) is 6.92 Å². The van der Waals surface area contributed by atoms with Crippen LogP contribution in [0.5, 0.6) is 5.75 Å². The van der Waals surface area contributed by atoms with Gasteiger partial charge in [-0.3, -0.25) is 0 Å². The summed E-state index contributed by atoms with van der Waals surface area (Å²) in [6.45, 7) is 4.86. The molecule has 0 saturated carbocycles. The highest BCUT2D eigenvalue weighted by Crippen LogP contribution is 2.24. The number of aromatic nitrogens is 1. The second-order valence-electron chi connectivity index (χ2n) is 4.27. The average Bonchev–Trinajstić information content (AvgIpc) is 2.30. The minimum atomic E-state index is 0.132. The van der Waals surface area contributed by atoms with E-state index < -0.39 is 0 Å². The van der Waals surface area contributed by atoms with E-state index >= 15 is 0 Å². The normalized spacial score (nSPS) is 12.6. The summed E-state index contributed by atoms with van der Waals surface area (Å²) in [5, 5.41) is 4.22. The zero-order valence-electron chi connectivity index (χ0n) is 10.5. The summed E-state index contributed by atoms with van der Waals surface area (Å²) >= 11 is 0. The zero-order chi connectivity index (χ0) is 12.3. The van der Waals surface area contributed by atoms with Gasteiger partial charge in [-0.1, -0.05) is 18.2 Å². The number of hydrogen-bond acceptors (Lipinski definition) is 3. The van der Waals surface area contributed by atoms with E-state index in [-0.39, 0.29) is 6.10 Å². The van der Waals surface area contributed by atoms with E-state index in [2.05, 4.69) is 22.4 Å². The van der Waals surface area contributed by atoms with Gasteiger partial charge >= 0.3 is 0 Å². The Morgan fingerprint density at radius 2 is 2.12 bits per heavy atom. The maximum Gasteiger partial charge on any atom is 0.146 e. The maximum absolute atomic E-state index is 5.90. The molecule has 2 rings (SSSR count). The van der Waals surface area contributed by atoms with Gasteiger partial charge in [-0.05, 0) is 33.0 Å². The van der Waals surface area contributed by atoms with Crippen molar-refractivity contribution in [1.29, 1.82) is 0 Å². The van der Waals surface area contributed by atoms with Crippen LogP contribution >= 0.6 is 0 Å². The van der Waals surface area contributed by atoms with Gasteiger partial charge in [0.1, 0.15) is 17.4 Å². The van der Waals surface area contributed by atoms with Gasteiger partial charge in [0, 0.05) is 17.6 Å². The first-order valence-corrected chi connectivity index (χ1v) is 5.88. The number of nitrogens with one attached hydrogen (secondary N) is 1. The predicted octanol–water partition coefficient (Wildman–Crippen LogP) is 2.53. The van der Waals surface area contributed by atoms with E-state index in [1.54, 1.807) is 0 Å². The number of hydrogen-bond donors (Lipinski definition) is 1. The molecule has 0 aliphatic carbocycles. The summed E-state index contributed by atoms with van der Waals surface area (Å²) in [5.41, 5.74) is 1.95. The van der Waals surface area contributed by atoms with Crippen LogP contribution in [0.15, 0.2) is 30.3 Å². The van der Waals surface area contributed by atoms with Gasteiger partial charge in [-0.15, -0.1) is 0 Å². The fourth-order valence-electron chi connectivity index (χ4n) is 1.86. The Morgan fingerprint density at radius 1 is 1.29 bits per heavy atom. The summed E-state index contributed by atoms with van der Waals surface area (Å²) in [5.74, 6) is 0.856. The Balaban J connectivity index is 2.36. The van der Waals surface area contributed by atoms with Crippen molar-refractivity contribution < 1.29 is 4.74 Å². The van der Waals surface area contributed by atoms with Crippen molar-refractivity contribution in [3.63, 3.8) is 0 Å². The molecule has 0 saturated heterocycles. The molecule has 0 radical (unpaired) electrons. The Kier molecular flexibility index (Phi) is 3.59. The van der Waals surface area contributed by atoms with E-state index in [1.807, 2.05) is 39.1 Å². The lowest BCUT2D eigenvalue weighted by molar-refractivity contribution is 0.223. The molecule has 1 N–H and O–H groups in total. The van der Waals surface area contributed by atoms with Crippen LogP contribution in [0.25, 0.3) is 10.9 Å². The molecule has 1 heterocycles. The molecular formula is C14H18N2O. The molecule has 0 aliphatic rings. The monoisotopic (exact) mass is 230 g/mol. The smallest absolute Gasteiger partial charge is 0.146 e. The Bertz CT molecular complexity index is 511. The van der Waals surface area contributed by atoms with Crippen LogP contribution < -0.4 is 10.1 Å². The van der Waals surface area contributed by atoms with E-state index in [9.17, 15) is 0 Å². The number of nitrogens with zero attached hydrogens (tertiary/aromatic N) is 1. The van der Waals surface area contributed by atoms with Crippen LogP contribution in [0.1, 0.15) is 12.6 Å². The molecule has 0 amide bonds. The number of fused-ring (bicyclic) bond motifs is 1. The second-order valence-corrected chi connectivity index (χ2v) is 4.27. The Morgan fingerprint density at radius 3 is 2.88 bits per heavy atom. The lowest BCUT2D eigenvalue weighted by Crippen LogP contribution is -2.26. The van der Waals surface area contributed by atoms with Crippen molar-refractivity contribution in [2.45, 2.75) is 20.0 Å². The fourth-order valence-corrected chi connectivity index (χ4v) is 1.86. The van der Waals surface area contributed by atoms with Gasteiger partial charge in [0.25, 0.3) is 0 Å². The van der Waals surface area contributed by atoms with E-state index in [4.69, 9.17) is 4.74 Å². The zero-order valence-corrected chi connectivity index (χ0v) is 10.5. The number of ether oxygens (including phenoxy) is 1. The number of likely N-dealkylation sites (N-methyl/N-ethyl adjacent to an activating group) is 1. The molecule has 90 valence electrons. The van der Waals surface area contributed by atoms with E-state index in [0.29, 0.717) is 0 Å². The highest BCUT2D eigenvalue weighted by atomic mass is 16.5. The molecule has 1 aromatic carbocycles. The summed E-state index contributed by atoms with van der Waals surface area (Å²) in [7, 11) is 1.92. The largest absolute Gasteiger partial charge is 0.487 e. The van der Waals surface area contributed by atoms with Crippen molar-refractivity contribution in [3.05, 3.63) is 36.0 Å².